The zero-order valence-corrected chi connectivity index (χ0v) is 21.7. The van der Waals surface area contributed by atoms with Crippen LogP contribution in [0.5, 0.6) is 28.7 Å². The van der Waals surface area contributed by atoms with Crippen LogP contribution in [0.4, 0.5) is 0 Å². The van der Waals surface area contributed by atoms with E-state index in [9.17, 15) is 24.9 Å². The van der Waals surface area contributed by atoms with Gasteiger partial charge in [-0.05, 0) is 37.6 Å². The lowest BCUT2D eigenvalue weighted by Gasteiger charge is -2.25. The largest absolute Gasteiger partial charge is 0.507 e. The summed E-state index contributed by atoms with van der Waals surface area (Å²) < 4.78 is 21.6. The van der Waals surface area contributed by atoms with Gasteiger partial charge in [-0.1, -0.05) is 6.07 Å². The van der Waals surface area contributed by atoms with E-state index in [2.05, 4.69) is 4.98 Å². The van der Waals surface area contributed by atoms with Gasteiger partial charge in [0.15, 0.2) is 17.3 Å². The van der Waals surface area contributed by atoms with E-state index in [1.807, 2.05) is 0 Å². The number of pyridine rings is 1. The predicted molar refractivity (Wildman–Crippen MR) is 135 cm³/mol. The van der Waals surface area contributed by atoms with Crippen molar-refractivity contribution in [3.63, 3.8) is 0 Å². The van der Waals surface area contributed by atoms with Crippen molar-refractivity contribution in [2.75, 3.05) is 21.3 Å². The summed E-state index contributed by atoms with van der Waals surface area (Å²) in [6.45, 7) is 3.03. The third kappa shape index (κ3) is 4.58. The minimum atomic E-state index is -0.951. The lowest BCUT2D eigenvalue weighted by Crippen LogP contribution is -2.14. The molecule has 3 N–H and O–H groups in total. The van der Waals surface area contributed by atoms with Gasteiger partial charge < -0.3 is 34.3 Å². The zero-order chi connectivity index (χ0) is 27.7. The first-order valence-electron chi connectivity index (χ1n) is 11.8. The number of aryl methyl sites for hydroxylation is 1. The van der Waals surface area contributed by atoms with E-state index in [-0.39, 0.29) is 41.2 Å². The third-order valence-electron chi connectivity index (χ3n) is 6.78. The maximum Gasteiger partial charge on any atom is 0.306 e. The van der Waals surface area contributed by atoms with Crippen LogP contribution in [-0.4, -0.2) is 53.4 Å². The van der Waals surface area contributed by atoms with Gasteiger partial charge in [0.1, 0.15) is 23.4 Å². The molecule has 0 saturated heterocycles. The number of phenolic OH excluding ortho intramolecular Hbond substituents is 2. The highest BCUT2D eigenvalue weighted by Gasteiger charge is 2.36. The molecule has 10 nitrogen and oxygen atoms in total. The average Bonchev–Trinajstić information content (AvgIpc) is 3.34. The van der Waals surface area contributed by atoms with Crippen LogP contribution in [0.15, 0.2) is 30.5 Å². The number of rotatable bonds is 8. The Bertz CT molecular complexity index is 1420. The molecule has 0 aliphatic carbocycles. The molecule has 10 heteroatoms. The summed E-state index contributed by atoms with van der Waals surface area (Å²) in [5, 5.41) is 33.6. The summed E-state index contributed by atoms with van der Waals surface area (Å²) in [4.78, 5) is 29.3. The number of ether oxygens (including phenoxy) is 4. The second kappa shape index (κ2) is 10.6. The molecule has 4 rings (SSSR count). The van der Waals surface area contributed by atoms with Crippen molar-refractivity contribution < 1.29 is 43.9 Å². The number of nitrogens with zero attached hydrogens (tertiary/aromatic N) is 1. The van der Waals surface area contributed by atoms with Gasteiger partial charge in [0.05, 0.1) is 45.6 Å². The van der Waals surface area contributed by atoms with E-state index >= 15 is 0 Å². The maximum atomic E-state index is 12.6. The van der Waals surface area contributed by atoms with E-state index in [1.165, 1.54) is 34.3 Å². The molecule has 3 aromatic rings. The smallest absolute Gasteiger partial charge is 0.306 e. The number of methoxy groups -OCH3 is 3. The first-order valence-corrected chi connectivity index (χ1v) is 11.8. The summed E-state index contributed by atoms with van der Waals surface area (Å²) in [6.07, 6.45) is 0.358. The first-order chi connectivity index (χ1) is 18.1. The van der Waals surface area contributed by atoms with Crippen LogP contribution in [-0.2, 0) is 20.9 Å². The van der Waals surface area contributed by atoms with Crippen molar-refractivity contribution in [3.8, 4) is 28.7 Å². The third-order valence-corrected chi connectivity index (χ3v) is 6.78. The van der Waals surface area contributed by atoms with Gasteiger partial charge in [-0.15, -0.1) is 0 Å². The number of ketones is 1. The molecular weight excluding hydrogens is 494 g/mol. The number of carbonyl (C=O) groups excluding carboxylic acids is 2. The van der Waals surface area contributed by atoms with Gasteiger partial charge in [-0.2, -0.15) is 0 Å². The van der Waals surface area contributed by atoms with E-state index in [4.69, 9.17) is 18.9 Å². The summed E-state index contributed by atoms with van der Waals surface area (Å²) in [5.74, 6) is -2.18. The molecule has 2 heterocycles. The number of Topliss-reactive ketones (excluding diaryl/α,β-unsaturated/α-hetero) is 1. The number of fused-ring (bicyclic) bond motifs is 1. The fraction of sp³-hybridized carbons (Fsp3) is 0.321. The fourth-order valence-corrected chi connectivity index (χ4v) is 4.77. The monoisotopic (exact) mass is 523 g/mol. The van der Waals surface area contributed by atoms with Gasteiger partial charge >= 0.3 is 5.97 Å². The zero-order valence-electron chi connectivity index (χ0n) is 21.7. The topological polar surface area (TPSA) is 145 Å². The molecule has 0 bridgehead atoms. The fourth-order valence-electron chi connectivity index (χ4n) is 4.77. The number of hydrogen-bond acceptors (Lipinski definition) is 10. The normalized spacial score (nSPS) is 15.0. The highest BCUT2D eigenvalue weighted by molar-refractivity contribution is 5.98. The molecule has 200 valence electrons. The maximum absolute atomic E-state index is 12.6. The van der Waals surface area contributed by atoms with Crippen LogP contribution >= 0.6 is 0 Å². The average molecular weight is 524 g/mol. The van der Waals surface area contributed by atoms with Crippen molar-refractivity contribution in [2.24, 2.45) is 0 Å². The number of esters is 1. The van der Waals surface area contributed by atoms with Gasteiger partial charge in [-0.25, -0.2) is 0 Å². The molecular formula is C28H29NO9. The second-order valence-corrected chi connectivity index (χ2v) is 8.95. The Labute approximate surface area is 219 Å². The lowest BCUT2D eigenvalue weighted by molar-refractivity contribution is -0.140. The van der Waals surface area contributed by atoms with Gasteiger partial charge in [0, 0.05) is 34.4 Å². The molecule has 0 saturated carbocycles. The second-order valence-electron chi connectivity index (χ2n) is 8.95. The lowest BCUT2D eigenvalue weighted by atomic mass is 9.83. The van der Waals surface area contributed by atoms with Gasteiger partial charge in [0.2, 0.25) is 0 Å². The Morgan fingerprint density at radius 2 is 1.76 bits per heavy atom. The highest BCUT2D eigenvalue weighted by Crippen LogP contribution is 2.51. The van der Waals surface area contributed by atoms with Crippen LogP contribution in [0.2, 0.25) is 0 Å². The SMILES string of the molecule is COC(=O)C[C@@H](c1ccc(OC)c(OC)c1)c1c(O)c(C(C)=O)cc([C@H]2OCc3cnc(C)c(O)c32)c1O. The molecule has 38 heavy (non-hydrogen) atoms. The Kier molecular flexibility index (Phi) is 7.45. The van der Waals surface area contributed by atoms with E-state index < -0.39 is 29.5 Å². The van der Waals surface area contributed by atoms with Crippen molar-refractivity contribution in [3.05, 3.63) is 69.5 Å². The van der Waals surface area contributed by atoms with Gasteiger partial charge in [0.25, 0.3) is 0 Å². The van der Waals surface area contributed by atoms with Crippen LogP contribution in [0.25, 0.3) is 0 Å². The van der Waals surface area contributed by atoms with Crippen LogP contribution in [0.1, 0.15) is 69.2 Å². The van der Waals surface area contributed by atoms with E-state index in [0.29, 0.717) is 33.9 Å². The minimum absolute atomic E-state index is 0.0624. The number of carbonyl (C=O) groups is 2. The standard InChI is InChI=1S/C28H29NO9/c1-13-25(32)23-16(11-29-13)12-38-28(23)19-9-17(14(2)30)26(33)24(27(19)34)18(10-22(31)37-5)15-6-7-20(35-3)21(8-15)36-4/h6-9,11,18,28,32-34H,10,12H2,1-5H3/t18-,28+/m0/s1. The molecule has 2 aromatic carbocycles. The van der Waals surface area contributed by atoms with Crippen molar-refractivity contribution in [1.29, 1.82) is 0 Å². The molecule has 1 aromatic heterocycles. The Balaban J connectivity index is 1.99. The predicted octanol–water partition coefficient (Wildman–Crippen LogP) is 4.04. The molecule has 0 radical (unpaired) electrons. The summed E-state index contributed by atoms with van der Waals surface area (Å²) in [7, 11) is 4.17. The van der Waals surface area contributed by atoms with Crippen LogP contribution in [0.3, 0.4) is 0 Å². The molecule has 0 fully saturated rings. The van der Waals surface area contributed by atoms with Crippen molar-refractivity contribution >= 4 is 11.8 Å². The Hall–Kier alpha value is -4.31. The van der Waals surface area contributed by atoms with E-state index in [1.54, 1.807) is 31.3 Å². The highest BCUT2D eigenvalue weighted by atomic mass is 16.5. The number of aromatic nitrogens is 1. The quantitative estimate of drug-likeness (QED) is 0.292. The van der Waals surface area contributed by atoms with E-state index in [0.717, 1.165) is 0 Å². The Morgan fingerprint density at radius 1 is 1.05 bits per heavy atom. The number of phenols is 2. The summed E-state index contributed by atoms with van der Waals surface area (Å²) in [6, 6.07) is 6.26. The Morgan fingerprint density at radius 3 is 2.39 bits per heavy atom. The van der Waals surface area contributed by atoms with Crippen LogP contribution < -0.4 is 9.47 Å². The molecule has 1 aliphatic heterocycles. The number of hydrogen-bond donors (Lipinski definition) is 3. The minimum Gasteiger partial charge on any atom is -0.507 e. The number of benzene rings is 2. The molecule has 1 aliphatic rings. The number of aromatic hydroxyl groups is 3. The van der Waals surface area contributed by atoms with Crippen LogP contribution in [0, 0.1) is 6.92 Å². The summed E-state index contributed by atoms with van der Waals surface area (Å²) >= 11 is 0. The van der Waals surface area contributed by atoms with Gasteiger partial charge in [-0.3, -0.25) is 14.6 Å². The molecule has 0 unspecified atom stereocenters. The molecule has 2 atom stereocenters. The molecule has 0 amide bonds. The molecule has 0 spiro atoms. The van der Waals surface area contributed by atoms with Crippen molar-refractivity contribution in [2.45, 2.75) is 38.9 Å². The summed E-state index contributed by atoms with van der Waals surface area (Å²) in [5.41, 5.74) is 1.91. The first kappa shape index (κ1) is 26.7. The van der Waals surface area contributed by atoms with Crippen molar-refractivity contribution in [1.82, 2.24) is 4.98 Å².